The molecule has 0 N–H and O–H groups in total. The number of alkyl halides is 6. The van der Waals surface area contributed by atoms with E-state index < -0.39 is 42.7 Å². The molecule has 0 aliphatic carbocycles. The molecule has 0 radical (unpaired) electrons. The Hall–Kier alpha value is -2.45. The zero-order valence-corrected chi connectivity index (χ0v) is 16.1. The highest BCUT2D eigenvalue weighted by molar-refractivity contribution is 7.49. The van der Waals surface area contributed by atoms with Crippen molar-refractivity contribution >= 4 is 19.0 Å². The summed E-state index contributed by atoms with van der Waals surface area (Å²) in [6.07, 6.45) is -10.3. The van der Waals surface area contributed by atoms with Gasteiger partial charge < -0.3 is 19.3 Å². The molecule has 11 heteroatoms. The topological polar surface area (TPSA) is 50.8 Å². The van der Waals surface area contributed by atoms with Crippen LogP contribution >= 0.6 is 8.20 Å². The van der Waals surface area contributed by atoms with Gasteiger partial charge in [-0.15, -0.1) is 5.48 Å². The normalized spacial score (nSPS) is 12.7. The fourth-order valence-corrected chi connectivity index (χ4v) is 3.60. The van der Waals surface area contributed by atoms with Gasteiger partial charge in [0, 0.05) is 12.1 Å². The summed E-state index contributed by atoms with van der Waals surface area (Å²) in [6.45, 7) is 0. The highest BCUT2D eigenvalue weighted by Gasteiger charge is 2.40. The molecule has 2 rings (SSSR count). The molecule has 0 aliphatic rings. The van der Waals surface area contributed by atoms with Crippen LogP contribution in [-0.4, -0.2) is 26.8 Å². The minimum Gasteiger partial charge on any atom is -0.823 e. The Labute approximate surface area is 163 Å². The number of ether oxygens (including phenoxy) is 3. The molecular weight excluding hydrogens is 425 g/mol. The van der Waals surface area contributed by atoms with E-state index in [0.717, 1.165) is 0 Å². The summed E-state index contributed by atoms with van der Waals surface area (Å²) in [7, 11) is 3.29. The quantitative estimate of drug-likeness (QED) is 0.525. The van der Waals surface area contributed by atoms with Crippen LogP contribution in [0.15, 0.2) is 30.3 Å². The molecule has 29 heavy (non-hydrogen) atoms. The standard InChI is InChI=1S/C18H15F6O4P/c1-26-9-7-12(27-2)15(13(8-9)28-3)29-16(25)14-10(17(19,20)21)5-4-6-11(14)18(22,23)24/h4-8,25H,1-3H3/p-1. The van der Waals surface area contributed by atoms with Gasteiger partial charge in [0.05, 0.1) is 37.8 Å². The van der Waals surface area contributed by atoms with Crippen LogP contribution in [0, 0.1) is 0 Å². The highest BCUT2D eigenvalue weighted by atomic mass is 31.1. The molecule has 2 aromatic carbocycles. The maximum atomic E-state index is 13.3. The molecule has 0 amide bonds. The summed E-state index contributed by atoms with van der Waals surface area (Å²) in [6, 6.07) is 4.13. The molecule has 0 atom stereocenters. The number of benzene rings is 2. The van der Waals surface area contributed by atoms with Crippen LogP contribution in [0.1, 0.15) is 16.7 Å². The first-order chi connectivity index (χ1) is 13.4. The first-order valence-electron chi connectivity index (χ1n) is 7.77. The largest absolute Gasteiger partial charge is 0.823 e. The smallest absolute Gasteiger partial charge is 0.416 e. The second-order valence-electron chi connectivity index (χ2n) is 5.52. The summed E-state index contributed by atoms with van der Waals surface area (Å²) in [5.41, 5.74) is -6.21. The van der Waals surface area contributed by atoms with Gasteiger partial charge in [-0.25, -0.2) is 0 Å². The molecule has 0 spiro atoms. The van der Waals surface area contributed by atoms with E-state index in [2.05, 4.69) is 0 Å². The van der Waals surface area contributed by atoms with Crippen LogP contribution in [-0.2, 0) is 12.4 Å². The van der Waals surface area contributed by atoms with Gasteiger partial charge in [0.15, 0.2) is 0 Å². The van der Waals surface area contributed by atoms with Gasteiger partial charge in [0.1, 0.15) is 17.2 Å². The summed E-state index contributed by atoms with van der Waals surface area (Å²) >= 11 is 0. The van der Waals surface area contributed by atoms with Gasteiger partial charge in [-0.2, -0.15) is 26.3 Å². The maximum absolute atomic E-state index is 13.3. The maximum Gasteiger partial charge on any atom is 0.416 e. The van der Waals surface area contributed by atoms with Crippen LogP contribution in [0.3, 0.4) is 0 Å². The minimum atomic E-state index is -5.16. The number of hydrogen-bond donors (Lipinski definition) is 0. The number of halogens is 6. The van der Waals surface area contributed by atoms with Crippen LogP contribution in [0.25, 0.3) is 0 Å². The Kier molecular flexibility index (Phi) is 6.70. The van der Waals surface area contributed by atoms with E-state index >= 15 is 0 Å². The van der Waals surface area contributed by atoms with Crippen molar-refractivity contribution in [1.29, 1.82) is 0 Å². The van der Waals surface area contributed by atoms with Crippen molar-refractivity contribution in [1.82, 2.24) is 0 Å². The van der Waals surface area contributed by atoms with E-state index in [0.29, 0.717) is 18.2 Å². The molecule has 4 nitrogen and oxygen atoms in total. The average Bonchev–Trinajstić information content (AvgIpc) is 2.65. The Morgan fingerprint density at radius 2 is 1.28 bits per heavy atom. The summed E-state index contributed by atoms with van der Waals surface area (Å²) in [5.74, 6) is 0.278. The molecule has 0 aromatic heterocycles. The van der Waals surface area contributed by atoms with Gasteiger partial charge in [-0.1, -0.05) is 14.3 Å². The van der Waals surface area contributed by atoms with Crippen LogP contribution in [0.4, 0.5) is 26.3 Å². The van der Waals surface area contributed by atoms with Crippen molar-refractivity contribution in [3.63, 3.8) is 0 Å². The van der Waals surface area contributed by atoms with E-state index in [1.54, 1.807) is 0 Å². The van der Waals surface area contributed by atoms with E-state index in [-0.39, 0.29) is 22.6 Å². The van der Waals surface area contributed by atoms with E-state index in [1.165, 1.54) is 33.5 Å². The van der Waals surface area contributed by atoms with Crippen molar-refractivity contribution in [2.24, 2.45) is 0 Å². The predicted molar refractivity (Wildman–Crippen MR) is 93.2 cm³/mol. The molecule has 158 valence electrons. The fraction of sp³-hybridized carbons (Fsp3) is 0.278. The molecule has 0 saturated carbocycles. The van der Waals surface area contributed by atoms with Crippen molar-refractivity contribution in [2.45, 2.75) is 12.4 Å². The third-order valence-electron chi connectivity index (χ3n) is 3.79. The molecule has 0 fully saturated rings. The third-order valence-corrected chi connectivity index (χ3v) is 4.88. The van der Waals surface area contributed by atoms with Gasteiger partial charge in [0.2, 0.25) is 0 Å². The zero-order valence-electron chi connectivity index (χ0n) is 15.2. The Morgan fingerprint density at radius 3 is 1.62 bits per heavy atom. The van der Waals surface area contributed by atoms with Crippen molar-refractivity contribution in [3.8, 4) is 17.2 Å². The SMILES string of the molecule is COc1cc(OC)c(P=C([O-])c2c(C(F)(F)F)cccc2C(F)(F)F)c(OC)c1. The average molecular weight is 439 g/mol. The van der Waals surface area contributed by atoms with Crippen molar-refractivity contribution in [2.75, 3.05) is 21.3 Å². The number of hydrogen-bond acceptors (Lipinski definition) is 4. The monoisotopic (exact) mass is 439 g/mol. The van der Waals surface area contributed by atoms with Gasteiger partial charge in [0.25, 0.3) is 0 Å². The second-order valence-corrected chi connectivity index (χ2v) is 6.60. The Balaban J connectivity index is 2.82. The molecule has 2 aromatic rings. The fourth-order valence-electron chi connectivity index (χ4n) is 2.51. The molecule has 0 saturated heterocycles. The van der Waals surface area contributed by atoms with E-state index in [1.807, 2.05) is 0 Å². The lowest BCUT2D eigenvalue weighted by Crippen LogP contribution is -2.27. The highest BCUT2D eigenvalue weighted by Crippen LogP contribution is 2.40. The second kappa shape index (κ2) is 8.51. The summed E-state index contributed by atoms with van der Waals surface area (Å²) in [4.78, 5) is 0. The Morgan fingerprint density at radius 1 is 0.828 bits per heavy atom. The third kappa shape index (κ3) is 4.94. The summed E-state index contributed by atoms with van der Waals surface area (Å²) < 4.78 is 95.1. The van der Waals surface area contributed by atoms with Crippen molar-refractivity contribution < 1.29 is 45.7 Å². The van der Waals surface area contributed by atoms with Gasteiger partial charge in [-0.05, 0) is 17.7 Å². The Bertz CT molecular complexity index is 864. The lowest BCUT2D eigenvalue weighted by atomic mass is 10.0. The van der Waals surface area contributed by atoms with E-state index in [9.17, 15) is 31.4 Å². The molecule has 0 heterocycles. The lowest BCUT2D eigenvalue weighted by molar-refractivity contribution is -0.209. The molecule has 0 aliphatic heterocycles. The number of rotatable bonds is 5. The summed E-state index contributed by atoms with van der Waals surface area (Å²) in [5, 5.41) is 12.6. The minimum absolute atomic E-state index is 0.00858. The number of methoxy groups -OCH3 is 3. The van der Waals surface area contributed by atoms with Gasteiger partial charge >= 0.3 is 12.4 Å². The van der Waals surface area contributed by atoms with Crippen LogP contribution < -0.4 is 24.6 Å². The zero-order chi connectivity index (χ0) is 22.0. The van der Waals surface area contributed by atoms with Crippen molar-refractivity contribution in [3.05, 3.63) is 47.0 Å². The molecule has 0 unspecified atom stereocenters. The lowest BCUT2D eigenvalue weighted by Gasteiger charge is -2.24. The predicted octanol–water partition coefficient (Wildman–Crippen LogP) is 3.86. The molecule has 0 bridgehead atoms. The molecular formula is C18H14F6O4P-. The first kappa shape index (κ1) is 22.8. The van der Waals surface area contributed by atoms with Crippen LogP contribution in [0.5, 0.6) is 17.2 Å². The van der Waals surface area contributed by atoms with Crippen LogP contribution in [0.2, 0.25) is 0 Å². The first-order valence-corrected chi connectivity index (χ1v) is 8.67. The van der Waals surface area contributed by atoms with Gasteiger partial charge in [-0.3, -0.25) is 0 Å². The van der Waals surface area contributed by atoms with E-state index in [4.69, 9.17) is 14.2 Å².